The molecule has 16 heavy (non-hydrogen) atoms. The van der Waals surface area contributed by atoms with Gasteiger partial charge in [-0.2, -0.15) is 0 Å². The molecule has 0 amide bonds. The van der Waals surface area contributed by atoms with E-state index in [1.807, 2.05) is 0 Å². The molecule has 1 saturated heterocycles. The van der Waals surface area contributed by atoms with Gasteiger partial charge in [-0.3, -0.25) is 0 Å². The Balaban J connectivity index is 1.98. The number of unbranched alkanes of at least 4 members (excludes halogenated alkanes) is 2. The van der Waals surface area contributed by atoms with E-state index in [-0.39, 0.29) is 0 Å². The molecule has 0 spiro atoms. The molecule has 0 saturated carbocycles. The summed E-state index contributed by atoms with van der Waals surface area (Å²) >= 11 is 0. The number of likely N-dealkylation sites (tertiary alicyclic amines) is 1. The Bertz CT molecular complexity index is 156. The molecule has 0 aliphatic carbocycles. The summed E-state index contributed by atoms with van der Waals surface area (Å²) in [7, 11) is 1.78. The van der Waals surface area contributed by atoms with Gasteiger partial charge in [0.1, 0.15) is 0 Å². The quantitative estimate of drug-likeness (QED) is 0.642. The van der Waals surface area contributed by atoms with Gasteiger partial charge in [0, 0.05) is 19.7 Å². The van der Waals surface area contributed by atoms with Crippen molar-refractivity contribution in [3.63, 3.8) is 0 Å². The van der Waals surface area contributed by atoms with Crippen molar-refractivity contribution in [1.29, 1.82) is 0 Å². The molecule has 0 bridgehead atoms. The molecule has 3 heteroatoms. The van der Waals surface area contributed by atoms with Crippen LogP contribution >= 0.6 is 0 Å². The summed E-state index contributed by atoms with van der Waals surface area (Å²) in [6.07, 6.45) is 6.61. The minimum atomic E-state index is 0.760. The Labute approximate surface area is 101 Å². The standard InChI is InChI=1S/C13H28N2O/c1-3-4-5-8-14-13-6-9-15(10-7-13)11-12-16-2/h13-14H,3-12H2,1-2H3. The van der Waals surface area contributed by atoms with Gasteiger partial charge in [0.2, 0.25) is 0 Å². The predicted molar refractivity (Wildman–Crippen MR) is 68.9 cm³/mol. The highest BCUT2D eigenvalue weighted by molar-refractivity contribution is 4.76. The molecule has 0 atom stereocenters. The van der Waals surface area contributed by atoms with E-state index in [0.717, 1.165) is 19.2 Å². The van der Waals surface area contributed by atoms with Crippen molar-refractivity contribution in [3.8, 4) is 0 Å². The highest BCUT2D eigenvalue weighted by Crippen LogP contribution is 2.10. The Kier molecular flexibility index (Phi) is 7.81. The lowest BCUT2D eigenvalue weighted by atomic mass is 10.0. The van der Waals surface area contributed by atoms with Crippen LogP contribution in [-0.4, -0.2) is 50.8 Å². The van der Waals surface area contributed by atoms with E-state index in [4.69, 9.17) is 4.74 Å². The van der Waals surface area contributed by atoms with Gasteiger partial charge in [-0.25, -0.2) is 0 Å². The summed E-state index contributed by atoms with van der Waals surface area (Å²) in [5, 5.41) is 3.68. The van der Waals surface area contributed by atoms with Crippen LogP contribution in [0.2, 0.25) is 0 Å². The topological polar surface area (TPSA) is 24.5 Å². The number of nitrogens with one attached hydrogen (secondary N) is 1. The van der Waals surface area contributed by atoms with Crippen LogP contribution in [0.5, 0.6) is 0 Å². The summed E-state index contributed by atoms with van der Waals surface area (Å²) < 4.78 is 5.11. The SMILES string of the molecule is CCCCCNC1CCN(CCOC)CC1. The maximum atomic E-state index is 5.11. The van der Waals surface area contributed by atoms with Crippen molar-refractivity contribution in [2.75, 3.05) is 39.9 Å². The first kappa shape index (κ1) is 13.9. The van der Waals surface area contributed by atoms with Crippen LogP contribution in [0.15, 0.2) is 0 Å². The fraction of sp³-hybridized carbons (Fsp3) is 1.00. The Morgan fingerprint density at radius 2 is 2.00 bits per heavy atom. The lowest BCUT2D eigenvalue weighted by Crippen LogP contribution is -2.43. The Hall–Kier alpha value is -0.120. The van der Waals surface area contributed by atoms with E-state index < -0.39 is 0 Å². The van der Waals surface area contributed by atoms with Crippen molar-refractivity contribution in [2.24, 2.45) is 0 Å². The number of hydrogen-bond donors (Lipinski definition) is 1. The number of hydrogen-bond acceptors (Lipinski definition) is 3. The molecule has 96 valence electrons. The Morgan fingerprint density at radius 1 is 1.25 bits per heavy atom. The number of piperidine rings is 1. The summed E-state index contributed by atoms with van der Waals surface area (Å²) in [6.45, 7) is 7.89. The zero-order valence-corrected chi connectivity index (χ0v) is 11.0. The first-order valence-corrected chi connectivity index (χ1v) is 6.81. The van der Waals surface area contributed by atoms with Crippen LogP contribution in [0.3, 0.4) is 0 Å². The second-order valence-electron chi connectivity index (χ2n) is 4.77. The van der Waals surface area contributed by atoms with Crippen LogP contribution in [0.1, 0.15) is 39.0 Å². The molecule has 1 heterocycles. The van der Waals surface area contributed by atoms with E-state index in [2.05, 4.69) is 17.1 Å². The second kappa shape index (κ2) is 8.97. The van der Waals surface area contributed by atoms with Crippen molar-refractivity contribution in [2.45, 2.75) is 45.1 Å². The average molecular weight is 228 g/mol. The van der Waals surface area contributed by atoms with Gasteiger partial charge < -0.3 is 15.0 Å². The minimum absolute atomic E-state index is 0.760. The molecule has 1 N–H and O–H groups in total. The lowest BCUT2D eigenvalue weighted by molar-refractivity contribution is 0.126. The van der Waals surface area contributed by atoms with Crippen molar-refractivity contribution in [1.82, 2.24) is 10.2 Å². The van der Waals surface area contributed by atoms with Crippen molar-refractivity contribution < 1.29 is 4.74 Å². The third kappa shape index (κ3) is 5.83. The van der Waals surface area contributed by atoms with Gasteiger partial charge in [-0.1, -0.05) is 19.8 Å². The third-order valence-electron chi connectivity index (χ3n) is 3.41. The second-order valence-corrected chi connectivity index (χ2v) is 4.77. The largest absolute Gasteiger partial charge is 0.383 e. The molecule has 1 aliphatic rings. The van der Waals surface area contributed by atoms with Crippen LogP contribution in [0, 0.1) is 0 Å². The summed E-state index contributed by atoms with van der Waals surface area (Å²) in [5.41, 5.74) is 0. The molecule has 3 nitrogen and oxygen atoms in total. The molecule has 0 aromatic carbocycles. The highest BCUT2D eigenvalue weighted by atomic mass is 16.5. The van der Waals surface area contributed by atoms with Gasteiger partial charge in [0.05, 0.1) is 6.61 Å². The summed E-state index contributed by atoms with van der Waals surface area (Å²) in [5.74, 6) is 0. The van der Waals surface area contributed by atoms with Crippen LogP contribution in [0.4, 0.5) is 0 Å². The number of ether oxygens (including phenoxy) is 1. The van der Waals surface area contributed by atoms with E-state index in [1.165, 1.54) is 51.7 Å². The smallest absolute Gasteiger partial charge is 0.0589 e. The average Bonchev–Trinajstić information content (AvgIpc) is 2.33. The maximum absolute atomic E-state index is 5.11. The molecule has 0 radical (unpaired) electrons. The first-order chi connectivity index (χ1) is 7.86. The molecule has 1 aliphatic heterocycles. The van der Waals surface area contributed by atoms with Crippen LogP contribution < -0.4 is 5.32 Å². The van der Waals surface area contributed by atoms with E-state index >= 15 is 0 Å². The molecule has 0 aromatic rings. The van der Waals surface area contributed by atoms with Crippen LogP contribution in [0.25, 0.3) is 0 Å². The molecule has 1 rings (SSSR count). The first-order valence-electron chi connectivity index (χ1n) is 6.81. The fourth-order valence-electron chi connectivity index (χ4n) is 2.26. The van der Waals surface area contributed by atoms with Gasteiger partial charge >= 0.3 is 0 Å². The van der Waals surface area contributed by atoms with Crippen molar-refractivity contribution >= 4 is 0 Å². The van der Waals surface area contributed by atoms with E-state index in [1.54, 1.807) is 7.11 Å². The lowest BCUT2D eigenvalue weighted by Gasteiger charge is -2.32. The van der Waals surface area contributed by atoms with Gasteiger partial charge in [0.15, 0.2) is 0 Å². The summed E-state index contributed by atoms with van der Waals surface area (Å²) in [6, 6.07) is 0.760. The number of nitrogens with zero attached hydrogens (tertiary/aromatic N) is 1. The highest BCUT2D eigenvalue weighted by Gasteiger charge is 2.17. The normalized spacial score (nSPS) is 19.1. The maximum Gasteiger partial charge on any atom is 0.0589 e. The number of rotatable bonds is 8. The van der Waals surface area contributed by atoms with E-state index in [0.29, 0.717) is 0 Å². The molecular formula is C13H28N2O. The molecule has 0 unspecified atom stereocenters. The molecular weight excluding hydrogens is 200 g/mol. The fourth-order valence-corrected chi connectivity index (χ4v) is 2.26. The summed E-state index contributed by atoms with van der Waals surface area (Å²) in [4.78, 5) is 2.51. The van der Waals surface area contributed by atoms with Gasteiger partial charge in [-0.15, -0.1) is 0 Å². The van der Waals surface area contributed by atoms with Gasteiger partial charge in [-0.05, 0) is 38.9 Å². The third-order valence-corrected chi connectivity index (χ3v) is 3.41. The number of methoxy groups -OCH3 is 1. The van der Waals surface area contributed by atoms with Gasteiger partial charge in [0.25, 0.3) is 0 Å². The van der Waals surface area contributed by atoms with Crippen molar-refractivity contribution in [3.05, 3.63) is 0 Å². The van der Waals surface area contributed by atoms with Crippen LogP contribution in [-0.2, 0) is 4.74 Å². The monoisotopic (exact) mass is 228 g/mol. The minimum Gasteiger partial charge on any atom is -0.383 e. The van der Waals surface area contributed by atoms with E-state index in [9.17, 15) is 0 Å². The Morgan fingerprint density at radius 3 is 2.62 bits per heavy atom. The molecule has 1 fully saturated rings. The zero-order chi connectivity index (χ0) is 11.6. The molecule has 0 aromatic heterocycles. The predicted octanol–water partition coefficient (Wildman–Crippen LogP) is 1.88. The zero-order valence-electron chi connectivity index (χ0n) is 11.0.